The summed E-state index contributed by atoms with van der Waals surface area (Å²) in [5.41, 5.74) is 7.32. The number of fused-ring (bicyclic) bond motifs is 1. The number of hydrogen-bond acceptors (Lipinski definition) is 1. The highest BCUT2D eigenvalue weighted by Crippen LogP contribution is 2.30. The van der Waals surface area contributed by atoms with Crippen LogP contribution in [0.15, 0.2) is 79.0 Å². The van der Waals surface area contributed by atoms with Crippen molar-refractivity contribution in [2.45, 2.75) is 6.92 Å². The van der Waals surface area contributed by atoms with Gasteiger partial charge in [-0.25, -0.2) is 0 Å². The average Bonchev–Trinajstić information content (AvgIpc) is 3.03. The lowest BCUT2D eigenvalue weighted by Crippen LogP contribution is -1.92. The zero-order valence-corrected chi connectivity index (χ0v) is 13.4. The highest BCUT2D eigenvalue weighted by atomic mass is 16.1. The molecule has 2 heterocycles. The number of nitrogens with zero attached hydrogens (tertiary/aromatic N) is 1. The van der Waals surface area contributed by atoms with Gasteiger partial charge >= 0.3 is 0 Å². The number of benzene rings is 2. The van der Waals surface area contributed by atoms with Crippen LogP contribution in [0.3, 0.4) is 0 Å². The lowest BCUT2D eigenvalue weighted by atomic mass is 10.0. The lowest BCUT2D eigenvalue weighted by molar-refractivity contribution is 0.111. The molecule has 4 aromatic rings. The van der Waals surface area contributed by atoms with Crippen molar-refractivity contribution in [2.75, 3.05) is 0 Å². The normalized spacial score (nSPS) is 10.9. The molecule has 2 aromatic carbocycles. The Morgan fingerprint density at radius 1 is 0.792 bits per heavy atom. The molecule has 2 nitrogen and oxygen atoms in total. The topological polar surface area (TPSA) is 21.5 Å². The Bertz CT molecular complexity index is 1010. The fourth-order valence-corrected chi connectivity index (χ4v) is 3.19. The first-order chi connectivity index (χ1) is 11.8. The third-order valence-corrected chi connectivity index (χ3v) is 4.48. The van der Waals surface area contributed by atoms with Crippen molar-refractivity contribution in [1.82, 2.24) is 4.40 Å². The summed E-state index contributed by atoms with van der Waals surface area (Å²) in [6, 6.07) is 24.8. The Labute approximate surface area is 141 Å². The van der Waals surface area contributed by atoms with Crippen LogP contribution in [0.4, 0.5) is 0 Å². The van der Waals surface area contributed by atoms with Gasteiger partial charge in [-0.05, 0) is 41.3 Å². The van der Waals surface area contributed by atoms with E-state index in [1.54, 1.807) is 0 Å². The Hall–Kier alpha value is -3.13. The summed E-state index contributed by atoms with van der Waals surface area (Å²) in [4.78, 5) is 11.7. The fourth-order valence-electron chi connectivity index (χ4n) is 3.19. The van der Waals surface area contributed by atoms with Crippen molar-refractivity contribution in [1.29, 1.82) is 0 Å². The highest BCUT2D eigenvalue weighted by molar-refractivity contribution is 5.90. The Morgan fingerprint density at radius 3 is 2.17 bits per heavy atom. The largest absolute Gasteiger partial charge is 0.313 e. The third kappa shape index (κ3) is 2.33. The second-order valence-electron chi connectivity index (χ2n) is 5.95. The maximum atomic E-state index is 11.7. The first kappa shape index (κ1) is 14.5. The number of aldehydes is 1. The molecule has 0 aliphatic heterocycles. The summed E-state index contributed by atoms with van der Waals surface area (Å²) in [5, 5.41) is 0. The summed E-state index contributed by atoms with van der Waals surface area (Å²) in [7, 11) is 0. The van der Waals surface area contributed by atoms with Gasteiger partial charge in [-0.3, -0.25) is 4.79 Å². The van der Waals surface area contributed by atoms with E-state index in [9.17, 15) is 4.79 Å². The number of aromatic nitrogens is 1. The predicted molar refractivity (Wildman–Crippen MR) is 98.4 cm³/mol. The SMILES string of the molecule is Cc1cccn2c(C=O)c(-c3ccc(-c4ccccc4)cc3)cc12. The third-order valence-electron chi connectivity index (χ3n) is 4.48. The minimum absolute atomic E-state index is 0.696. The van der Waals surface area contributed by atoms with Gasteiger partial charge < -0.3 is 4.40 Å². The summed E-state index contributed by atoms with van der Waals surface area (Å²) >= 11 is 0. The van der Waals surface area contributed by atoms with E-state index < -0.39 is 0 Å². The minimum atomic E-state index is 0.696. The monoisotopic (exact) mass is 311 g/mol. The van der Waals surface area contributed by atoms with Crippen LogP contribution in [0.2, 0.25) is 0 Å². The first-order valence-electron chi connectivity index (χ1n) is 7.99. The van der Waals surface area contributed by atoms with Gasteiger partial charge in [-0.1, -0.05) is 60.7 Å². The van der Waals surface area contributed by atoms with Crippen molar-refractivity contribution < 1.29 is 4.79 Å². The number of aryl methyl sites for hydroxylation is 1. The number of rotatable bonds is 3. The number of carbonyl (C=O) groups excluding carboxylic acids is 1. The molecule has 0 bridgehead atoms. The van der Waals surface area contributed by atoms with Crippen LogP contribution in [0, 0.1) is 6.92 Å². The first-order valence-corrected chi connectivity index (χ1v) is 7.99. The molecule has 0 spiro atoms. The van der Waals surface area contributed by atoms with Crippen LogP contribution in [0.5, 0.6) is 0 Å². The summed E-state index contributed by atoms with van der Waals surface area (Å²) < 4.78 is 1.96. The van der Waals surface area contributed by atoms with Gasteiger partial charge in [-0.15, -0.1) is 0 Å². The smallest absolute Gasteiger partial charge is 0.167 e. The molecule has 4 rings (SSSR count). The van der Waals surface area contributed by atoms with E-state index in [0.717, 1.165) is 28.5 Å². The van der Waals surface area contributed by atoms with Crippen molar-refractivity contribution >= 4 is 11.8 Å². The molecule has 0 aliphatic rings. The molecule has 116 valence electrons. The van der Waals surface area contributed by atoms with Gasteiger partial charge in [0, 0.05) is 17.3 Å². The van der Waals surface area contributed by atoms with Gasteiger partial charge in [0.1, 0.15) is 0 Å². The zero-order valence-electron chi connectivity index (χ0n) is 13.4. The Morgan fingerprint density at radius 2 is 1.46 bits per heavy atom. The molecule has 2 heteroatoms. The molecular formula is C22H17NO. The van der Waals surface area contributed by atoms with E-state index in [1.807, 2.05) is 34.9 Å². The van der Waals surface area contributed by atoms with Crippen LogP contribution >= 0.6 is 0 Å². The molecule has 0 radical (unpaired) electrons. The molecule has 0 unspecified atom stereocenters. The van der Waals surface area contributed by atoms with E-state index >= 15 is 0 Å². The maximum Gasteiger partial charge on any atom is 0.167 e. The summed E-state index contributed by atoms with van der Waals surface area (Å²) in [6.07, 6.45) is 2.88. The van der Waals surface area contributed by atoms with Crippen LogP contribution in [-0.4, -0.2) is 10.7 Å². The van der Waals surface area contributed by atoms with Gasteiger partial charge in [0.15, 0.2) is 6.29 Å². The molecule has 0 fully saturated rings. The van der Waals surface area contributed by atoms with Crippen molar-refractivity contribution in [3.8, 4) is 22.3 Å². The Balaban J connectivity index is 1.83. The van der Waals surface area contributed by atoms with E-state index in [1.165, 1.54) is 11.1 Å². The fraction of sp³-hybridized carbons (Fsp3) is 0.0455. The van der Waals surface area contributed by atoms with E-state index in [0.29, 0.717) is 5.69 Å². The van der Waals surface area contributed by atoms with E-state index in [2.05, 4.69) is 55.5 Å². The lowest BCUT2D eigenvalue weighted by Gasteiger charge is -2.04. The van der Waals surface area contributed by atoms with Gasteiger partial charge in [0.25, 0.3) is 0 Å². The van der Waals surface area contributed by atoms with E-state index in [4.69, 9.17) is 0 Å². The van der Waals surface area contributed by atoms with Crippen LogP contribution in [0.25, 0.3) is 27.8 Å². The van der Waals surface area contributed by atoms with Crippen molar-refractivity contribution in [2.24, 2.45) is 0 Å². The number of carbonyl (C=O) groups is 1. The van der Waals surface area contributed by atoms with Gasteiger partial charge in [-0.2, -0.15) is 0 Å². The van der Waals surface area contributed by atoms with Gasteiger partial charge in [0.05, 0.1) is 5.69 Å². The molecule has 0 aliphatic carbocycles. The quantitative estimate of drug-likeness (QED) is 0.465. The van der Waals surface area contributed by atoms with Crippen LogP contribution < -0.4 is 0 Å². The minimum Gasteiger partial charge on any atom is -0.313 e. The molecule has 24 heavy (non-hydrogen) atoms. The van der Waals surface area contributed by atoms with Crippen molar-refractivity contribution in [3.05, 3.63) is 90.3 Å². The molecule has 0 atom stereocenters. The second-order valence-corrected chi connectivity index (χ2v) is 5.95. The van der Waals surface area contributed by atoms with Crippen molar-refractivity contribution in [3.63, 3.8) is 0 Å². The zero-order chi connectivity index (χ0) is 16.5. The van der Waals surface area contributed by atoms with Gasteiger partial charge in [0.2, 0.25) is 0 Å². The number of pyridine rings is 1. The summed E-state index contributed by atoms with van der Waals surface area (Å²) in [5.74, 6) is 0. The molecular weight excluding hydrogens is 294 g/mol. The molecule has 0 saturated heterocycles. The van der Waals surface area contributed by atoms with Crippen LogP contribution in [0.1, 0.15) is 16.1 Å². The van der Waals surface area contributed by atoms with Crippen LogP contribution in [-0.2, 0) is 0 Å². The molecule has 0 N–H and O–H groups in total. The molecule has 0 amide bonds. The maximum absolute atomic E-state index is 11.7. The molecule has 0 saturated carbocycles. The Kier molecular flexibility index (Phi) is 3.51. The average molecular weight is 311 g/mol. The summed E-state index contributed by atoms with van der Waals surface area (Å²) in [6.45, 7) is 2.06. The second kappa shape index (κ2) is 5.82. The molecule has 2 aromatic heterocycles. The highest BCUT2D eigenvalue weighted by Gasteiger charge is 2.12. The number of hydrogen-bond donors (Lipinski definition) is 0. The van der Waals surface area contributed by atoms with E-state index in [-0.39, 0.29) is 0 Å². The standard InChI is InChI=1S/C22H17NO/c1-16-6-5-13-23-21(16)14-20(22(23)15-24)19-11-9-18(10-12-19)17-7-3-2-4-8-17/h2-15H,1H3. The predicted octanol–water partition coefficient (Wildman–Crippen LogP) is 5.39.